The summed E-state index contributed by atoms with van der Waals surface area (Å²) in [6.07, 6.45) is 0. The zero-order valence-corrected chi connectivity index (χ0v) is 17.6. The summed E-state index contributed by atoms with van der Waals surface area (Å²) in [5, 5.41) is 2.63. The molecule has 152 valence electrons. The summed E-state index contributed by atoms with van der Waals surface area (Å²) in [6, 6.07) is 14.2. The lowest BCUT2D eigenvalue weighted by Crippen LogP contribution is -2.36. The molecule has 1 amide bonds. The van der Waals surface area contributed by atoms with E-state index in [0.717, 1.165) is 5.56 Å². The maximum absolute atomic E-state index is 12.1. The van der Waals surface area contributed by atoms with Crippen molar-refractivity contribution in [3.05, 3.63) is 59.7 Å². The normalized spacial score (nSPS) is 11.9. The molecule has 0 aliphatic carbocycles. The summed E-state index contributed by atoms with van der Waals surface area (Å²) in [7, 11) is -3.58. The van der Waals surface area contributed by atoms with Crippen molar-refractivity contribution in [2.45, 2.75) is 38.0 Å². The van der Waals surface area contributed by atoms with Crippen molar-refractivity contribution in [2.24, 2.45) is 0 Å². The van der Waals surface area contributed by atoms with E-state index in [9.17, 15) is 13.2 Å². The molecule has 2 N–H and O–H groups in total. The maximum atomic E-state index is 12.1. The Balaban J connectivity index is 1.72. The molecule has 0 saturated carbocycles. The fourth-order valence-electron chi connectivity index (χ4n) is 2.44. The molecule has 0 spiro atoms. The third kappa shape index (κ3) is 6.65. The fourth-order valence-corrected chi connectivity index (χ4v) is 3.47. The van der Waals surface area contributed by atoms with Crippen LogP contribution in [0.3, 0.4) is 0 Å². The van der Waals surface area contributed by atoms with Gasteiger partial charge in [-0.1, -0.05) is 50.6 Å². The minimum Gasteiger partial charge on any atom is -0.484 e. The predicted molar refractivity (Wildman–Crippen MR) is 110 cm³/mol. The summed E-state index contributed by atoms with van der Waals surface area (Å²) in [4.78, 5) is 12.1. The van der Waals surface area contributed by atoms with E-state index in [-0.39, 0.29) is 35.9 Å². The first-order valence-corrected chi connectivity index (χ1v) is 10.6. The molecule has 0 saturated heterocycles. The highest BCUT2D eigenvalue weighted by atomic mass is 32.2. The summed E-state index contributed by atoms with van der Waals surface area (Å²) >= 11 is 0. The van der Waals surface area contributed by atoms with Crippen molar-refractivity contribution in [1.29, 1.82) is 0 Å². The molecule has 0 bridgehead atoms. The van der Waals surface area contributed by atoms with Crippen LogP contribution in [0.4, 0.5) is 0 Å². The van der Waals surface area contributed by atoms with Gasteiger partial charge in [-0.15, -0.1) is 0 Å². The standard InChI is InChI=1S/C21H28N2O4S/c1-16-5-11-19(12-6-16)28(25,26)23-14-13-22-20(24)15-27-18-9-7-17(8-10-18)21(2,3)4/h5-12,23H,13-15H2,1-4H3,(H,22,24). The van der Waals surface area contributed by atoms with Crippen molar-refractivity contribution in [2.75, 3.05) is 19.7 Å². The Morgan fingerprint density at radius 2 is 1.57 bits per heavy atom. The third-order valence-electron chi connectivity index (χ3n) is 4.16. The summed E-state index contributed by atoms with van der Waals surface area (Å²) in [6.45, 7) is 8.43. The van der Waals surface area contributed by atoms with Gasteiger partial charge in [-0.25, -0.2) is 13.1 Å². The van der Waals surface area contributed by atoms with E-state index in [4.69, 9.17) is 4.74 Å². The Morgan fingerprint density at radius 3 is 2.14 bits per heavy atom. The Labute approximate surface area is 167 Å². The quantitative estimate of drug-likeness (QED) is 0.663. The van der Waals surface area contributed by atoms with Crippen LogP contribution in [0.1, 0.15) is 31.9 Å². The molecule has 2 aromatic carbocycles. The van der Waals surface area contributed by atoms with Crippen molar-refractivity contribution < 1.29 is 17.9 Å². The molecule has 0 fully saturated rings. The van der Waals surface area contributed by atoms with Gasteiger partial charge in [0.05, 0.1) is 4.90 Å². The number of hydrogen-bond acceptors (Lipinski definition) is 4. The summed E-state index contributed by atoms with van der Waals surface area (Å²) < 4.78 is 32.2. The van der Waals surface area contributed by atoms with Crippen LogP contribution in [0.2, 0.25) is 0 Å². The molecule has 0 aromatic heterocycles. The molecule has 0 aliphatic rings. The van der Waals surface area contributed by atoms with Crippen molar-refractivity contribution >= 4 is 15.9 Å². The van der Waals surface area contributed by atoms with Crippen LogP contribution in [0.15, 0.2) is 53.4 Å². The number of amides is 1. The smallest absolute Gasteiger partial charge is 0.257 e. The topological polar surface area (TPSA) is 84.5 Å². The van der Waals surface area contributed by atoms with E-state index in [1.165, 1.54) is 5.56 Å². The van der Waals surface area contributed by atoms with Gasteiger partial charge in [-0.2, -0.15) is 0 Å². The number of aryl methyl sites for hydroxylation is 1. The number of benzene rings is 2. The first-order chi connectivity index (χ1) is 13.1. The molecule has 0 unspecified atom stereocenters. The summed E-state index contributed by atoms with van der Waals surface area (Å²) in [5.74, 6) is 0.303. The first kappa shape index (κ1) is 21.9. The van der Waals surface area contributed by atoms with Crippen LogP contribution in [-0.2, 0) is 20.2 Å². The molecule has 0 heterocycles. The lowest BCUT2D eigenvalue weighted by molar-refractivity contribution is -0.123. The molecular formula is C21H28N2O4S. The van der Waals surface area contributed by atoms with Crippen LogP contribution >= 0.6 is 0 Å². The molecule has 28 heavy (non-hydrogen) atoms. The number of rotatable bonds is 8. The van der Waals surface area contributed by atoms with Gasteiger partial charge in [-0.05, 0) is 42.2 Å². The van der Waals surface area contributed by atoms with Crippen LogP contribution < -0.4 is 14.8 Å². The minimum absolute atomic E-state index is 0.0574. The van der Waals surface area contributed by atoms with Crippen LogP contribution in [0.5, 0.6) is 5.75 Å². The van der Waals surface area contributed by atoms with E-state index < -0.39 is 10.0 Å². The number of carbonyl (C=O) groups excluding carboxylic acids is 1. The highest BCUT2D eigenvalue weighted by molar-refractivity contribution is 7.89. The van der Waals surface area contributed by atoms with Gasteiger partial charge in [0.15, 0.2) is 6.61 Å². The number of sulfonamides is 1. The number of ether oxygens (including phenoxy) is 1. The molecule has 0 atom stereocenters. The van der Waals surface area contributed by atoms with Gasteiger partial charge in [-0.3, -0.25) is 4.79 Å². The molecular weight excluding hydrogens is 376 g/mol. The van der Waals surface area contributed by atoms with E-state index in [1.54, 1.807) is 24.3 Å². The molecule has 7 heteroatoms. The van der Waals surface area contributed by atoms with Crippen LogP contribution in [-0.4, -0.2) is 34.0 Å². The van der Waals surface area contributed by atoms with Crippen molar-refractivity contribution in [3.63, 3.8) is 0 Å². The lowest BCUT2D eigenvalue weighted by Gasteiger charge is -2.19. The van der Waals surface area contributed by atoms with Gasteiger partial charge in [0.25, 0.3) is 5.91 Å². The third-order valence-corrected chi connectivity index (χ3v) is 5.64. The second-order valence-corrected chi connectivity index (χ2v) is 9.39. The molecule has 2 rings (SSSR count). The van der Waals surface area contributed by atoms with Crippen molar-refractivity contribution in [1.82, 2.24) is 10.0 Å². The Kier molecular flexibility index (Phi) is 7.21. The zero-order chi connectivity index (χ0) is 20.8. The first-order valence-electron chi connectivity index (χ1n) is 9.14. The average molecular weight is 405 g/mol. The SMILES string of the molecule is Cc1ccc(S(=O)(=O)NCCNC(=O)COc2ccc(C(C)(C)C)cc2)cc1. The van der Waals surface area contributed by atoms with Crippen molar-refractivity contribution in [3.8, 4) is 5.75 Å². The fraction of sp³-hybridized carbons (Fsp3) is 0.381. The Morgan fingerprint density at radius 1 is 0.964 bits per heavy atom. The number of nitrogens with one attached hydrogen (secondary N) is 2. The predicted octanol–water partition coefficient (Wildman–Crippen LogP) is 2.77. The lowest BCUT2D eigenvalue weighted by atomic mass is 9.87. The second-order valence-electron chi connectivity index (χ2n) is 7.62. The van der Waals surface area contributed by atoms with Gasteiger partial charge >= 0.3 is 0 Å². The second kappa shape index (κ2) is 9.21. The molecule has 2 aromatic rings. The Bertz CT molecular complexity index is 883. The van der Waals surface area contributed by atoms with E-state index in [0.29, 0.717) is 5.75 Å². The molecule has 0 radical (unpaired) electrons. The van der Waals surface area contributed by atoms with Gasteiger partial charge in [0.2, 0.25) is 10.0 Å². The zero-order valence-electron chi connectivity index (χ0n) is 16.8. The van der Waals surface area contributed by atoms with Gasteiger partial charge in [0.1, 0.15) is 5.75 Å². The largest absolute Gasteiger partial charge is 0.484 e. The summed E-state index contributed by atoms with van der Waals surface area (Å²) in [5.41, 5.74) is 2.23. The highest BCUT2D eigenvalue weighted by Crippen LogP contribution is 2.24. The number of carbonyl (C=O) groups is 1. The monoisotopic (exact) mass is 404 g/mol. The van der Waals surface area contributed by atoms with Crippen LogP contribution in [0, 0.1) is 6.92 Å². The van der Waals surface area contributed by atoms with Crippen LogP contribution in [0.25, 0.3) is 0 Å². The minimum atomic E-state index is -3.58. The molecule has 6 nitrogen and oxygen atoms in total. The average Bonchev–Trinajstić information content (AvgIpc) is 2.63. The maximum Gasteiger partial charge on any atom is 0.257 e. The molecule has 0 aliphatic heterocycles. The van der Waals surface area contributed by atoms with E-state index in [2.05, 4.69) is 30.8 Å². The van der Waals surface area contributed by atoms with Gasteiger partial charge in [0, 0.05) is 13.1 Å². The van der Waals surface area contributed by atoms with E-state index >= 15 is 0 Å². The highest BCUT2D eigenvalue weighted by Gasteiger charge is 2.14. The van der Waals surface area contributed by atoms with Gasteiger partial charge < -0.3 is 10.1 Å². The number of hydrogen-bond donors (Lipinski definition) is 2. The van der Waals surface area contributed by atoms with E-state index in [1.807, 2.05) is 31.2 Å². The Hall–Kier alpha value is -2.38.